The Morgan fingerprint density at radius 3 is 2.36 bits per heavy atom. The quantitative estimate of drug-likeness (QED) is 0.121. The maximum Gasteiger partial charge on any atom is 0.326 e. The summed E-state index contributed by atoms with van der Waals surface area (Å²) in [7, 11) is 0. The Morgan fingerprint density at radius 1 is 0.902 bits per heavy atom. The van der Waals surface area contributed by atoms with Gasteiger partial charge in [-0.3, -0.25) is 14.6 Å². The third kappa shape index (κ3) is 9.28. The third-order valence-electron chi connectivity index (χ3n) is 10.7. The fourth-order valence-electron chi connectivity index (χ4n) is 7.20. The number of rotatable bonds is 12. The number of carbonyl (C=O) groups is 3. The van der Waals surface area contributed by atoms with Crippen LogP contribution >= 0.6 is 23.2 Å². The van der Waals surface area contributed by atoms with Crippen molar-refractivity contribution in [2.75, 3.05) is 6.61 Å². The molecule has 13 nitrogen and oxygen atoms in total. The SMILES string of the molecule is Cc1nc(C(=O)N2Cc3cc4c(cc3C[C@H]2C(=O)N[C@@H](Cc2ccc(Oc3ccnc(C)c3C)cc2)C(=O)O)OC[C@H](c2ccc(OCc3ccc(Cl)c(Cl)c3)cc2)O4)co1. The Kier molecular flexibility index (Phi) is 11.9. The first-order valence-corrected chi connectivity index (χ1v) is 20.2. The van der Waals surface area contributed by atoms with Crippen molar-refractivity contribution < 1.29 is 42.9 Å². The van der Waals surface area contributed by atoms with Gasteiger partial charge < -0.3 is 38.7 Å². The minimum Gasteiger partial charge on any atom is -0.489 e. The minimum atomic E-state index is -1.29. The van der Waals surface area contributed by atoms with Crippen LogP contribution in [-0.4, -0.2) is 56.4 Å². The number of aryl methyl sites for hydroxylation is 2. The number of halogens is 2. The lowest BCUT2D eigenvalue weighted by atomic mass is 9.91. The number of benzene rings is 4. The molecule has 0 bridgehead atoms. The molecule has 0 unspecified atom stereocenters. The summed E-state index contributed by atoms with van der Waals surface area (Å²) in [5.41, 5.74) is 5.69. The highest BCUT2D eigenvalue weighted by atomic mass is 35.5. The van der Waals surface area contributed by atoms with Crippen LogP contribution in [0.1, 0.15) is 61.6 Å². The molecule has 0 saturated heterocycles. The molecule has 0 spiro atoms. The first-order valence-electron chi connectivity index (χ1n) is 19.5. The van der Waals surface area contributed by atoms with Crippen LogP contribution in [0, 0.1) is 20.8 Å². The van der Waals surface area contributed by atoms with Crippen LogP contribution in [0.5, 0.6) is 28.7 Å². The zero-order chi connectivity index (χ0) is 42.8. The van der Waals surface area contributed by atoms with Crippen molar-refractivity contribution in [3.8, 4) is 28.7 Å². The van der Waals surface area contributed by atoms with Crippen molar-refractivity contribution in [3.63, 3.8) is 0 Å². The fourth-order valence-corrected chi connectivity index (χ4v) is 7.52. The van der Waals surface area contributed by atoms with Crippen LogP contribution in [0.4, 0.5) is 0 Å². The normalized spacial score (nSPS) is 16.0. The van der Waals surface area contributed by atoms with E-state index in [1.54, 1.807) is 55.6 Å². The van der Waals surface area contributed by atoms with Gasteiger partial charge in [0.25, 0.3) is 5.91 Å². The van der Waals surface area contributed by atoms with Crippen LogP contribution in [0.3, 0.4) is 0 Å². The van der Waals surface area contributed by atoms with Crippen molar-refractivity contribution in [1.82, 2.24) is 20.2 Å². The average Bonchev–Trinajstić information content (AvgIpc) is 3.70. The topological polar surface area (TPSA) is 163 Å². The van der Waals surface area contributed by atoms with Gasteiger partial charge in [-0.05, 0) is 96.3 Å². The largest absolute Gasteiger partial charge is 0.489 e. The van der Waals surface area contributed by atoms with E-state index in [1.807, 2.05) is 56.3 Å². The predicted octanol–water partition coefficient (Wildman–Crippen LogP) is 8.56. The number of nitrogens with one attached hydrogen (secondary N) is 1. The summed E-state index contributed by atoms with van der Waals surface area (Å²) in [5.74, 6) is 0.755. The van der Waals surface area contributed by atoms with E-state index in [1.165, 1.54) is 11.2 Å². The van der Waals surface area contributed by atoms with E-state index < -0.39 is 36.0 Å². The van der Waals surface area contributed by atoms with Gasteiger partial charge in [0.1, 0.15) is 48.8 Å². The second-order valence-electron chi connectivity index (χ2n) is 14.9. The van der Waals surface area contributed by atoms with Crippen molar-refractivity contribution in [2.24, 2.45) is 0 Å². The lowest BCUT2D eigenvalue weighted by Crippen LogP contribution is -2.56. The number of oxazole rings is 1. The molecule has 6 aromatic rings. The number of amides is 2. The van der Waals surface area contributed by atoms with Crippen LogP contribution in [0.15, 0.2) is 102 Å². The molecule has 3 atom stereocenters. The number of carboxylic acid groups (broad SMARTS) is 1. The van der Waals surface area contributed by atoms with Gasteiger partial charge in [0, 0.05) is 43.8 Å². The van der Waals surface area contributed by atoms with Gasteiger partial charge >= 0.3 is 5.97 Å². The highest BCUT2D eigenvalue weighted by Crippen LogP contribution is 2.41. The Hall–Kier alpha value is -6.57. The molecule has 61 heavy (non-hydrogen) atoms. The van der Waals surface area contributed by atoms with Gasteiger partial charge in [0.2, 0.25) is 5.91 Å². The molecule has 312 valence electrons. The molecule has 8 rings (SSSR count). The Balaban J connectivity index is 0.966. The summed E-state index contributed by atoms with van der Waals surface area (Å²) in [5, 5.41) is 13.9. The number of aromatic nitrogens is 2. The van der Waals surface area contributed by atoms with E-state index in [9.17, 15) is 19.5 Å². The number of hydrogen-bond donors (Lipinski definition) is 2. The van der Waals surface area contributed by atoms with Crippen LogP contribution in [0.25, 0.3) is 0 Å². The van der Waals surface area contributed by atoms with Crippen molar-refractivity contribution >= 4 is 41.0 Å². The molecule has 0 aliphatic carbocycles. The lowest BCUT2D eigenvalue weighted by Gasteiger charge is -2.37. The molecule has 2 N–H and O–H groups in total. The molecule has 4 heterocycles. The molecule has 0 fully saturated rings. The zero-order valence-electron chi connectivity index (χ0n) is 33.3. The summed E-state index contributed by atoms with van der Waals surface area (Å²) < 4.78 is 29.9. The molecular weight excluding hydrogens is 823 g/mol. The molecule has 0 radical (unpaired) electrons. The number of fused-ring (bicyclic) bond motifs is 2. The second kappa shape index (κ2) is 17.6. The Labute approximate surface area is 361 Å². The standard InChI is InChI=1S/C46H40Cl2N4O9/c1-25-26(2)49-15-14-40(25)60-34-9-4-28(5-10-34)17-37(46(55)56)51-44(53)39-18-31-19-41-42(20-32(31)21-52(39)45(54)38-23-57-27(3)50-38)61-43(24-59-41)30-7-11-33(12-8-30)58-22-29-6-13-35(47)36(48)16-29/h4-16,19-20,23,37,39,43H,17-18,21-22,24H2,1-3H3,(H,51,53)(H,55,56)/t37-,39-,43+/m0/s1. The van der Waals surface area contributed by atoms with Gasteiger partial charge in [-0.1, -0.05) is 53.5 Å². The van der Waals surface area contributed by atoms with E-state index in [0.29, 0.717) is 51.0 Å². The van der Waals surface area contributed by atoms with Gasteiger partial charge in [-0.15, -0.1) is 0 Å². The van der Waals surface area contributed by atoms with Crippen molar-refractivity contribution in [2.45, 2.75) is 65.0 Å². The fraction of sp³-hybridized carbons (Fsp3) is 0.239. The number of aliphatic carboxylic acids is 1. The minimum absolute atomic E-state index is 0.0111. The van der Waals surface area contributed by atoms with Gasteiger partial charge in [-0.25, -0.2) is 9.78 Å². The summed E-state index contributed by atoms with van der Waals surface area (Å²) >= 11 is 12.2. The molecular formula is C46H40Cl2N4O9. The number of carbonyl (C=O) groups excluding carboxylic acids is 2. The molecule has 2 aliphatic heterocycles. The number of pyridine rings is 1. The molecule has 4 aromatic carbocycles. The van der Waals surface area contributed by atoms with E-state index in [2.05, 4.69) is 15.3 Å². The molecule has 2 aliphatic rings. The molecule has 15 heteroatoms. The number of carboxylic acids is 1. The monoisotopic (exact) mass is 862 g/mol. The van der Waals surface area contributed by atoms with Crippen molar-refractivity contribution in [3.05, 3.63) is 158 Å². The highest BCUT2D eigenvalue weighted by molar-refractivity contribution is 6.42. The zero-order valence-corrected chi connectivity index (χ0v) is 34.8. The lowest BCUT2D eigenvalue weighted by molar-refractivity contribution is -0.142. The number of nitrogens with zero attached hydrogens (tertiary/aromatic N) is 3. The number of hydrogen-bond acceptors (Lipinski definition) is 10. The summed E-state index contributed by atoms with van der Waals surface area (Å²) in [4.78, 5) is 50.5. The summed E-state index contributed by atoms with van der Waals surface area (Å²) in [6.07, 6.45) is 2.55. The highest BCUT2D eigenvalue weighted by Gasteiger charge is 2.39. The first kappa shape index (κ1) is 41.2. The van der Waals surface area contributed by atoms with E-state index in [0.717, 1.165) is 33.5 Å². The number of ether oxygens (including phenoxy) is 4. The van der Waals surface area contributed by atoms with Crippen LogP contribution in [0.2, 0.25) is 10.0 Å². The smallest absolute Gasteiger partial charge is 0.326 e. The molecule has 2 aromatic heterocycles. The Bertz CT molecular complexity index is 2620. The van der Waals surface area contributed by atoms with Crippen LogP contribution in [-0.2, 0) is 35.6 Å². The summed E-state index contributed by atoms with van der Waals surface area (Å²) in [6, 6.07) is 22.9. The van der Waals surface area contributed by atoms with Gasteiger partial charge in [-0.2, -0.15) is 0 Å². The Morgan fingerprint density at radius 2 is 1.64 bits per heavy atom. The third-order valence-corrected chi connectivity index (χ3v) is 11.4. The van der Waals surface area contributed by atoms with E-state index in [-0.39, 0.29) is 37.6 Å². The maximum atomic E-state index is 14.1. The van der Waals surface area contributed by atoms with E-state index >= 15 is 0 Å². The van der Waals surface area contributed by atoms with Gasteiger partial charge in [0.15, 0.2) is 29.2 Å². The first-order chi connectivity index (χ1) is 29.4. The molecule has 2 amide bonds. The predicted molar refractivity (Wildman–Crippen MR) is 225 cm³/mol. The second-order valence-corrected chi connectivity index (χ2v) is 15.7. The van der Waals surface area contributed by atoms with Gasteiger partial charge in [0.05, 0.1) is 10.0 Å². The van der Waals surface area contributed by atoms with E-state index in [4.69, 9.17) is 46.6 Å². The average molecular weight is 864 g/mol. The molecule has 0 saturated carbocycles. The summed E-state index contributed by atoms with van der Waals surface area (Å²) in [6.45, 7) is 5.99. The van der Waals surface area contributed by atoms with Crippen LogP contribution < -0.4 is 24.3 Å². The van der Waals surface area contributed by atoms with Crippen molar-refractivity contribution in [1.29, 1.82) is 0 Å². The maximum absolute atomic E-state index is 14.1.